The van der Waals surface area contributed by atoms with Crippen LogP contribution in [0, 0.1) is 5.82 Å². The first kappa shape index (κ1) is 17.1. The molecule has 0 saturated heterocycles. The second kappa shape index (κ2) is 7.44. The molecule has 0 aliphatic carbocycles. The predicted octanol–water partition coefficient (Wildman–Crippen LogP) is 2.36. The molecular weight excluding hydrogens is 323 g/mol. The molecule has 0 radical (unpaired) electrons. The minimum absolute atomic E-state index is 0.153. The number of hydrogen-bond donors (Lipinski definition) is 1. The van der Waals surface area contributed by atoms with E-state index in [0.717, 1.165) is 11.1 Å². The fourth-order valence-corrected chi connectivity index (χ4v) is 2.87. The minimum atomic E-state index is -0.322. The molecule has 0 bridgehead atoms. The van der Waals surface area contributed by atoms with Gasteiger partial charge in [-0.3, -0.25) is 9.59 Å². The number of amides is 2. The molecule has 3 rings (SSSR count). The van der Waals surface area contributed by atoms with E-state index in [1.807, 2.05) is 6.07 Å². The number of carbonyl (C=O) groups is 2. The highest BCUT2D eigenvalue weighted by molar-refractivity contribution is 6.09. The van der Waals surface area contributed by atoms with Crippen LogP contribution in [-0.4, -0.2) is 37.0 Å². The lowest BCUT2D eigenvalue weighted by molar-refractivity contribution is 0.0715. The van der Waals surface area contributed by atoms with Crippen molar-refractivity contribution >= 4 is 11.8 Å². The Balaban J connectivity index is 1.73. The first-order chi connectivity index (χ1) is 12.1. The SMILES string of the molecule is COCCN1Cc2cccc(C(=O)NCc3ccc(F)cc3)c2C1=O. The molecule has 2 aromatic rings. The number of benzene rings is 2. The Bertz CT molecular complexity index is 790. The Labute approximate surface area is 145 Å². The predicted molar refractivity (Wildman–Crippen MR) is 90.6 cm³/mol. The standard InChI is InChI=1S/C19H19FN2O3/c1-25-10-9-22-12-14-3-2-4-16(17(14)19(22)24)18(23)21-11-13-5-7-15(20)8-6-13/h2-8H,9-12H2,1H3,(H,21,23). The average Bonchev–Trinajstić information content (AvgIpc) is 2.95. The summed E-state index contributed by atoms with van der Waals surface area (Å²) in [5.74, 6) is -0.791. The third-order valence-electron chi connectivity index (χ3n) is 4.19. The number of rotatable bonds is 6. The molecule has 2 aromatic carbocycles. The lowest BCUT2D eigenvalue weighted by Crippen LogP contribution is -2.29. The first-order valence-electron chi connectivity index (χ1n) is 8.03. The summed E-state index contributed by atoms with van der Waals surface area (Å²) in [6.07, 6.45) is 0. The fraction of sp³-hybridized carbons (Fsp3) is 0.263. The molecule has 1 aliphatic rings. The summed E-state index contributed by atoms with van der Waals surface area (Å²) in [5, 5.41) is 2.79. The maximum absolute atomic E-state index is 12.9. The molecule has 25 heavy (non-hydrogen) atoms. The van der Waals surface area contributed by atoms with Crippen molar-refractivity contribution in [3.63, 3.8) is 0 Å². The summed E-state index contributed by atoms with van der Waals surface area (Å²) in [6.45, 7) is 1.69. The Morgan fingerprint density at radius 3 is 2.72 bits per heavy atom. The Morgan fingerprint density at radius 1 is 1.24 bits per heavy atom. The minimum Gasteiger partial charge on any atom is -0.383 e. The highest BCUT2D eigenvalue weighted by Gasteiger charge is 2.31. The number of ether oxygens (including phenoxy) is 1. The van der Waals surface area contributed by atoms with E-state index in [4.69, 9.17) is 4.74 Å². The van der Waals surface area contributed by atoms with Crippen LogP contribution < -0.4 is 5.32 Å². The van der Waals surface area contributed by atoms with Gasteiger partial charge in [0.25, 0.3) is 11.8 Å². The van der Waals surface area contributed by atoms with Crippen LogP contribution in [0.5, 0.6) is 0 Å². The van der Waals surface area contributed by atoms with Gasteiger partial charge < -0.3 is 15.0 Å². The van der Waals surface area contributed by atoms with Crippen molar-refractivity contribution in [2.24, 2.45) is 0 Å². The van der Waals surface area contributed by atoms with Crippen molar-refractivity contribution < 1.29 is 18.7 Å². The number of nitrogens with zero attached hydrogens (tertiary/aromatic N) is 1. The van der Waals surface area contributed by atoms with E-state index in [9.17, 15) is 14.0 Å². The van der Waals surface area contributed by atoms with Gasteiger partial charge in [0.15, 0.2) is 0 Å². The van der Waals surface area contributed by atoms with Crippen molar-refractivity contribution in [2.45, 2.75) is 13.1 Å². The third-order valence-corrected chi connectivity index (χ3v) is 4.19. The van der Waals surface area contributed by atoms with E-state index in [0.29, 0.717) is 30.8 Å². The van der Waals surface area contributed by atoms with Crippen molar-refractivity contribution in [1.29, 1.82) is 0 Å². The van der Waals surface area contributed by atoms with Gasteiger partial charge >= 0.3 is 0 Å². The van der Waals surface area contributed by atoms with Crippen LogP contribution in [-0.2, 0) is 17.8 Å². The second-order valence-electron chi connectivity index (χ2n) is 5.87. The van der Waals surface area contributed by atoms with Gasteiger partial charge in [0.05, 0.1) is 17.7 Å². The summed E-state index contributed by atoms with van der Waals surface area (Å²) in [4.78, 5) is 26.8. The zero-order valence-corrected chi connectivity index (χ0v) is 13.9. The molecule has 6 heteroatoms. The largest absolute Gasteiger partial charge is 0.383 e. The van der Waals surface area contributed by atoms with Crippen LogP contribution in [0.4, 0.5) is 4.39 Å². The summed E-state index contributed by atoms with van der Waals surface area (Å²) in [6, 6.07) is 11.2. The molecule has 2 amide bonds. The van der Waals surface area contributed by atoms with Crippen molar-refractivity contribution in [3.05, 3.63) is 70.5 Å². The Kier molecular flexibility index (Phi) is 5.09. The highest BCUT2D eigenvalue weighted by Crippen LogP contribution is 2.26. The molecule has 0 spiro atoms. The molecule has 0 unspecified atom stereocenters. The lowest BCUT2D eigenvalue weighted by Gasteiger charge is -2.14. The fourth-order valence-electron chi connectivity index (χ4n) is 2.87. The molecule has 1 N–H and O–H groups in total. The van der Waals surface area contributed by atoms with Crippen LogP contribution >= 0.6 is 0 Å². The topological polar surface area (TPSA) is 58.6 Å². The Hall–Kier alpha value is -2.73. The number of carbonyl (C=O) groups excluding carboxylic acids is 2. The molecule has 1 heterocycles. The highest BCUT2D eigenvalue weighted by atomic mass is 19.1. The molecule has 130 valence electrons. The van der Waals surface area contributed by atoms with Gasteiger partial charge in [-0.15, -0.1) is 0 Å². The van der Waals surface area contributed by atoms with Gasteiger partial charge in [0, 0.05) is 26.7 Å². The van der Waals surface area contributed by atoms with Crippen molar-refractivity contribution in [3.8, 4) is 0 Å². The number of nitrogens with one attached hydrogen (secondary N) is 1. The summed E-state index contributed by atoms with van der Waals surface area (Å²) < 4.78 is 18.0. The van der Waals surface area contributed by atoms with E-state index in [-0.39, 0.29) is 24.2 Å². The van der Waals surface area contributed by atoms with Crippen LogP contribution in [0.2, 0.25) is 0 Å². The maximum Gasteiger partial charge on any atom is 0.255 e. The molecule has 1 aliphatic heterocycles. The molecule has 0 saturated carbocycles. The van der Waals surface area contributed by atoms with Crippen LogP contribution in [0.1, 0.15) is 31.8 Å². The van der Waals surface area contributed by atoms with Gasteiger partial charge in [-0.1, -0.05) is 24.3 Å². The first-order valence-corrected chi connectivity index (χ1v) is 8.03. The van der Waals surface area contributed by atoms with E-state index in [2.05, 4.69) is 5.32 Å². The summed E-state index contributed by atoms with van der Waals surface area (Å²) in [5.41, 5.74) is 2.45. The summed E-state index contributed by atoms with van der Waals surface area (Å²) in [7, 11) is 1.59. The average molecular weight is 342 g/mol. The normalized spacial score (nSPS) is 13.0. The molecule has 0 atom stereocenters. The quantitative estimate of drug-likeness (QED) is 0.877. The zero-order valence-electron chi connectivity index (χ0n) is 13.9. The molecule has 0 aromatic heterocycles. The van der Waals surface area contributed by atoms with Crippen LogP contribution in [0.25, 0.3) is 0 Å². The lowest BCUT2D eigenvalue weighted by atomic mass is 10.0. The number of fused-ring (bicyclic) bond motifs is 1. The smallest absolute Gasteiger partial charge is 0.255 e. The van der Waals surface area contributed by atoms with E-state index in [1.54, 1.807) is 36.3 Å². The maximum atomic E-state index is 12.9. The van der Waals surface area contributed by atoms with Crippen LogP contribution in [0.3, 0.4) is 0 Å². The molecule has 5 nitrogen and oxygen atoms in total. The van der Waals surface area contributed by atoms with E-state index < -0.39 is 0 Å². The second-order valence-corrected chi connectivity index (χ2v) is 5.87. The van der Waals surface area contributed by atoms with E-state index >= 15 is 0 Å². The van der Waals surface area contributed by atoms with Crippen molar-refractivity contribution in [1.82, 2.24) is 10.2 Å². The van der Waals surface area contributed by atoms with Gasteiger partial charge in [-0.05, 0) is 29.3 Å². The number of hydrogen-bond acceptors (Lipinski definition) is 3. The third kappa shape index (κ3) is 3.69. The zero-order chi connectivity index (χ0) is 17.8. The summed E-state index contributed by atoms with van der Waals surface area (Å²) >= 11 is 0. The van der Waals surface area contributed by atoms with E-state index in [1.165, 1.54) is 12.1 Å². The number of halogens is 1. The van der Waals surface area contributed by atoms with Crippen molar-refractivity contribution in [2.75, 3.05) is 20.3 Å². The number of methoxy groups -OCH3 is 1. The molecular formula is C19H19FN2O3. The monoisotopic (exact) mass is 342 g/mol. The van der Waals surface area contributed by atoms with Gasteiger partial charge in [0.1, 0.15) is 5.82 Å². The van der Waals surface area contributed by atoms with Gasteiger partial charge in [0.2, 0.25) is 0 Å². The van der Waals surface area contributed by atoms with Gasteiger partial charge in [-0.25, -0.2) is 4.39 Å². The van der Waals surface area contributed by atoms with Gasteiger partial charge in [-0.2, -0.15) is 0 Å². The molecule has 0 fully saturated rings. The van der Waals surface area contributed by atoms with Crippen LogP contribution in [0.15, 0.2) is 42.5 Å². The Morgan fingerprint density at radius 2 is 2.00 bits per heavy atom.